The Morgan fingerprint density at radius 1 is 0.964 bits per heavy atom. The van der Waals surface area contributed by atoms with Crippen LogP contribution in [0.3, 0.4) is 0 Å². The summed E-state index contributed by atoms with van der Waals surface area (Å²) in [6, 6.07) is 19.9. The number of tetrazole rings is 1. The maximum Gasteiger partial charge on any atom is 0.250 e. The van der Waals surface area contributed by atoms with Crippen molar-refractivity contribution in [2.24, 2.45) is 0 Å². The van der Waals surface area contributed by atoms with Crippen molar-refractivity contribution in [1.82, 2.24) is 25.1 Å². The molecule has 1 amide bonds. The van der Waals surface area contributed by atoms with Crippen molar-refractivity contribution in [2.45, 2.75) is 17.1 Å². The summed E-state index contributed by atoms with van der Waals surface area (Å²) < 4.78 is 1.74. The maximum absolute atomic E-state index is 12.8. The molecule has 2 aromatic carbocycles. The summed E-state index contributed by atoms with van der Waals surface area (Å²) in [5.74, 6) is 0.890. The number of carbonyl (C=O) groups excluding carboxylic acids is 1. The Hall–Kier alpha value is -2.87. The van der Waals surface area contributed by atoms with Crippen molar-refractivity contribution in [2.75, 3.05) is 31.1 Å². The molecule has 0 N–H and O–H groups in total. The van der Waals surface area contributed by atoms with Gasteiger partial charge in [0.05, 0.1) is 10.9 Å². The Morgan fingerprint density at radius 2 is 1.61 bits per heavy atom. The molecule has 0 radical (unpaired) electrons. The largest absolute Gasteiger partial charge is 0.338 e. The van der Waals surface area contributed by atoms with E-state index in [1.807, 2.05) is 72.5 Å². The lowest BCUT2D eigenvalue weighted by Crippen LogP contribution is -2.51. The van der Waals surface area contributed by atoms with E-state index in [-0.39, 0.29) is 11.2 Å². The molecule has 0 bridgehead atoms. The van der Waals surface area contributed by atoms with Crippen LogP contribution in [0.4, 0.5) is 5.95 Å². The fourth-order valence-electron chi connectivity index (χ4n) is 3.25. The minimum Gasteiger partial charge on any atom is -0.338 e. The van der Waals surface area contributed by atoms with E-state index >= 15 is 0 Å². The van der Waals surface area contributed by atoms with Gasteiger partial charge in [0.2, 0.25) is 11.9 Å². The topological polar surface area (TPSA) is 67.2 Å². The van der Waals surface area contributed by atoms with Gasteiger partial charge < -0.3 is 9.80 Å². The van der Waals surface area contributed by atoms with E-state index in [2.05, 4.69) is 20.4 Å². The number of carbonyl (C=O) groups is 1. The van der Waals surface area contributed by atoms with Crippen LogP contribution < -0.4 is 4.90 Å². The molecule has 7 nitrogen and oxygen atoms in total. The SMILES string of the molecule is CC(Sc1ccccc1)C(=O)N1CCN(c2nnnn2-c2ccccc2)CC1. The molecule has 0 spiro atoms. The summed E-state index contributed by atoms with van der Waals surface area (Å²) in [5.41, 5.74) is 0.925. The molecular formula is C20H22N6OS. The molecule has 1 aliphatic rings. The van der Waals surface area contributed by atoms with E-state index in [1.54, 1.807) is 16.4 Å². The molecule has 3 aromatic rings. The van der Waals surface area contributed by atoms with Gasteiger partial charge >= 0.3 is 0 Å². The van der Waals surface area contributed by atoms with Crippen LogP contribution in [-0.4, -0.2) is 62.4 Å². The molecule has 0 saturated carbocycles. The second-order valence-electron chi connectivity index (χ2n) is 6.61. The van der Waals surface area contributed by atoms with Gasteiger partial charge in [0.15, 0.2) is 0 Å². The first kappa shape index (κ1) is 18.5. The van der Waals surface area contributed by atoms with Crippen molar-refractivity contribution < 1.29 is 4.79 Å². The lowest BCUT2D eigenvalue weighted by molar-refractivity contribution is -0.130. The molecule has 1 saturated heterocycles. The number of para-hydroxylation sites is 1. The van der Waals surface area contributed by atoms with Gasteiger partial charge in [0.1, 0.15) is 0 Å². The number of rotatable bonds is 5. The monoisotopic (exact) mass is 394 g/mol. The molecular weight excluding hydrogens is 372 g/mol. The van der Waals surface area contributed by atoms with Gasteiger partial charge in [-0.3, -0.25) is 4.79 Å². The molecule has 1 unspecified atom stereocenters. The van der Waals surface area contributed by atoms with Gasteiger partial charge in [-0.1, -0.05) is 41.5 Å². The van der Waals surface area contributed by atoms with Crippen molar-refractivity contribution >= 4 is 23.6 Å². The molecule has 1 fully saturated rings. The van der Waals surface area contributed by atoms with E-state index in [0.717, 1.165) is 10.6 Å². The normalized spacial score (nSPS) is 15.5. The maximum atomic E-state index is 12.8. The number of hydrogen-bond donors (Lipinski definition) is 0. The van der Waals surface area contributed by atoms with Crippen LogP contribution in [0.1, 0.15) is 6.92 Å². The summed E-state index contributed by atoms with van der Waals surface area (Å²) >= 11 is 1.60. The number of piperazine rings is 1. The average Bonchev–Trinajstić information content (AvgIpc) is 3.24. The third kappa shape index (κ3) is 4.01. The Kier molecular flexibility index (Phi) is 5.57. The van der Waals surface area contributed by atoms with Crippen molar-refractivity contribution in [1.29, 1.82) is 0 Å². The van der Waals surface area contributed by atoms with E-state index in [0.29, 0.717) is 32.1 Å². The van der Waals surface area contributed by atoms with Gasteiger partial charge in [-0.15, -0.1) is 11.8 Å². The molecule has 0 aliphatic carbocycles. The first-order valence-corrected chi connectivity index (χ1v) is 10.2. The zero-order valence-electron chi connectivity index (χ0n) is 15.7. The van der Waals surface area contributed by atoms with Gasteiger partial charge in [0, 0.05) is 31.1 Å². The number of hydrogen-bond acceptors (Lipinski definition) is 6. The predicted molar refractivity (Wildman–Crippen MR) is 110 cm³/mol. The highest BCUT2D eigenvalue weighted by Gasteiger charge is 2.27. The van der Waals surface area contributed by atoms with Crippen LogP contribution >= 0.6 is 11.8 Å². The standard InChI is InChI=1S/C20H22N6OS/c1-16(28-18-10-6-3-7-11-18)19(27)24-12-14-25(15-13-24)20-21-22-23-26(20)17-8-4-2-5-9-17/h2-11,16H,12-15H2,1H3. The minimum atomic E-state index is -0.108. The number of nitrogens with zero attached hydrogens (tertiary/aromatic N) is 6. The van der Waals surface area contributed by atoms with Crippen LogP contribution in [0, 0.1) is 0 Å². The van der Waals surface area contributed by atoms with Gasteiger partial charge in [-0.05, 0) is 41.6 Å². The van der Waals surface area contributed by atoms with Crippen LogP contribution in [0.5, 0.6) is 0 Å². The second kappa shape index (κ2) is 8.43. The zero-order chi connectivity index (χ0) is 19.3. The molecule has 1 atom stereocenters. The van der Waals surface area contributed by atoms with E-state index < -0.39 is 0 Å². The van der Waals surface area contributed by atoms with Crippen LogP contribution in [0.15, 0.2) is 65.6 Å². The van der Waals surface area contributed by atoms with E-state index in [1.165, 1.54) is 0 Å². The predicted octanol–water partition coefficient (Wildman–Crippen LogP) is 2.49. The second-order valence-corrected chi connectivity index (χ2v) is 8.03. The van der Waals surface area contributed by atoms with Crippen molar-refractivity contribution in [3.8, 4) is 5.69 Å². The summed E-state index contributed by atoms with van der Waals surface area (Å²) in [6.07, 6.45) is 0. The summed E-state index contributed by atoms with van der Waals surface area (Å²) in [4.78, 5) is 18.0. The summed E-state index contributed by atoms with van der Waals surface area (Å²) in [5, 5.41) is 12.1. The highest BCUT2D eigenvalue weighted by atomic mass is 32.2. The average molecular weight is 395 g/mol. The number of anilines is 1. The van der Waals surface area contributed by atoms with Crippen LogP contribution in [0.25, 0.3) is 5.69 Å². The fourth-order valence-corrected chi connectivity index (χ4v) is 4.23. The third-order valence-electron chi connectivity index (χ3n) is 4.73. The molecule has 28 heavy (non-hydrogen) atoms. The first-order chi connectivity index (χ1) is 13.7. The van der Waals surface area contributed by atoms with Gasteiger partial charge in [0.25, 0.3) is 0 Å². The molecule has 1 aromatic heterocycles. The zero-order valence-corrected chi connectivity index (χ0v) is 16.5. The van der Waals surface area contributed by atoms with Crippen LogP contribution in [0.2, 0.25) is 0 Å². The van der Waals surface area contributed by atoms with Crippen molar-refractivity contribution in [3.63, 3.8) is 0 Å². The van der Waals surface area contributed by atoms with Gasteiger partial charge in [-0.2, -0.15) is 4.68 Å². The van der Waals surface area contributed by atoms with E-state index in [4.69, 9.17) is 0 Å². The smallest absolute Gasteiger partial charge is 0.250 e. The van der Waals surface area contributed by atoms with Crippen LogP contribution in [-0.2, 0) is 4.79 Å². The highest BCUT2D eigenvalue weighted by molar-refractivity contribution is 8.00. The Labute approximate surface area is 168 Å². The Morgan fingerprint density at radius 3 is 2.29 bits per heavy atom. The lowest BCUT2D eigenvalue weighted by atomic mass is 10.3. The molecule has 144 valence electrons. The number of thioether (sulfide) groups is 1. The quantitative estimate of drug-likeness (QED) is 0.620. The number of benzene rings is 2. The van der Waals surface area contributed by atoms with E-state index in [9.17, 15) is 4.79 Å². The Balaban J connectivity index is 1.38. The highest BCUT2D eigenvalue weighted by Crippen LogP contribution is 2.25. The first-order valence-electron chi connectivity index (χ1n) is 9.31. The third-order valence-corrected chi connectivity index (χ3v) is 5.83. The van der Waals surface area contributed by atoms with Gasteiger partial charge in [-0.25, -0.2) is 0 Å². The summed E-state index contributed by atoms with van der Waals surface area (Å²) in [7, 11) is 0. The number of aromatic nitrogens is 4. The summed E-state index contributed by atoms with van der Waals surface area (Å²) in [6.45, 7) is 4.73. The molecule has 2 heterocycles. The van der Waals surface area contributed by atoms with Crippen molar-refractivity contribution in [3.05, 3.63) is 60.7 Å². The minimum absolute atomic E-state index is 0.108. The molecule has 4 rings (SSSR count). The Bertz CT molecular complexity index is 909. The fraction of sp³-hybridized carbons (Fsp3) is 0.300. The molecule has 8 heteroatoms. The molecule has 1 aliphatic heterocycles. The number of amides is 1. The lowest BCUT2D eigenvalue weighted by Gasteiger charge is -2.35.